The van der Waals surface area contributed by atoms with Crippen LogP contribution in [0.25, 0.3) is 0 Å². The Balaban J connectivity index is 3.19. The topological polar surface area (TPSA) is 70.1 Å². The standard InChI is InChI=1S/C13H21F3N4O/c1-4-12(5-2,8-21)20-10-7-9(17-6-3)18-11(19-10)13(14,15)16/h7,21H,4-6,8H2,1-3H3,(H2,17,18,19,20). The van der Waals surface area contributed by atoms with Crippen molar-refractivity contribution in [3.63, 3.8) is 0 Å². The van der Waals surface area contributed by atoms with Gasteiger partial charge in [-0.2, -0.15) is 13.2 Å². The minimum Gasteiger partial charge on any atom is -0.394 e. The third-order valence-corrected chi connectivity index (χ3v) is 3.39. The lowest BCUT2D eigenvalue weighted by molar-refractivity contribution is -0.144. The van der Waals surface area contributed by atoms with Gasteiger partial charge in [0.05, 0.1) is 12.1 Å². The van der Waals surface area contributed by atoms with Gasteiger partial charge in [-0.15, -0.1) is 0 Å². The molecular formula is C13H21F3N4O. The van der Waals surface area contributed by atoms with Crippen LogP contribution in [0.15, 0.2) is 6.07 Å². The number of alkyl halides is 3. The van der Waals surface area contributed by atoms with E-state index < -0.39 is 17.5 Å². The number of nitrogens with one attached hydrogen (secondary N) is 2. The highest BCUT2D eigenvalue weighted by molar-refractivity contribution is 5.49. The lowest BCUT2D eigenvalue weighted by atomic mass is 9.94. The van der Waals surface area contributed by atoms with E-state index in [0.717, 1.165) is 0 Å². The molecule has 21 heavy (non-hydrogen) atoms. The van der Waals surface area contributed by atoms with Crippen molar-refractivity contribution < 1.29 is 18.3 Å². The Hall–Kier alpha value is -1.57. The van der Waals surface area contributed by atoms with Crippen LogP contribution in [-0.2, 0) is 6.18 Å². The molecule has 0 saturated carbocycles. The van der Waals surface area contributed by atoms with Gasteiger partial charge in [-0.05, 0) is 19.8 Å². The Morgan fingerprint density at radius 1 is 1.10 bits per heavy atom. The van der Waals surface area contributed by atoms with Crippen molar-refractivity contribution in [2.24, 2.45) is 0 Å². The van der Waals surface area contributed by atoms with E-state index in [2.05, 4.69) is 20.6 Å². The number of hydrogen-bond acceptors (Lipinski definition) is 5. The van der Waals surface area contributed by atoms with E-state index in [-0.39, 0.29) is 18.2 Å². The molecule has 0 aliphatic rings. The average Bonchev–Trinajstić information content (AvgIpc) is 2.44. The van der Waals surface area contributed by atoms with E-state index in [1.807, 2.05) is 13.8 Å². The normalized spacial score (nSPS) is 12.3. The fraction of sp³-hybridized carbons (Fsp3) is 0.692. The number of rotatable bonds is 7. The number of hydrogen-bond donors (Lipinski definition) is 3. The molecule has 120 valence electrons. The lowest BCUT2D eigenvalue weighted by Gasteiger charge is -2.31. The SMILES string of the molecule is CCNc1cc(NC(CC)(CC)CO)nc(C(F)(F)F)n1. The van der Waals surface area contributed by atoms with Gasteiger partial charge in [-0.3, -0.25) is 0 Å². The van der Waals surface area contributed by atoms with E-state index in [9.17, 15) is 18.3 Å². The van der Waals surface area contributed by atoms with Gasteiger partial charge in [0, 0.05) is 12.6 Å². The van der Waals surface area contributed by atoms with Gasteiger partial charge in [0.2, 0.25) is 5.82 Å². The highest BCUT2D eigenvalue weighted by Gasteiger charge is 2.36. The molecule has 0 spiro atoms. The molecule has 0 radical (unpaired) electrons. The first-order chi connectivity index (χ1) is 9.80. The van der Waals surface area contributed by atoms with Gasteiger partial charge in [-0.1, -0.05) is 13.8 Å². The van der Waals surface area contributed by atoms with Crippen LogP contribution in [0.3, 0.4) is 0 Å². The number of aromatic nitrogens is 2. The first kappa shape index (κ1) is 17.5. The van der Waals surface area contributed by atoms with Crippen molar-refractivity contribution >= 4 is 11.6 Å². The quantitative estimate of drug-likeness (QED) is 0.722. The summed E-state index contributed by atoms with van der Waals surface area (Å²) >= 11 is 0. The second-order valence-corrected chi connectivity index (χ2v) is 4.76. The van der Waals surface area contributed by atoms with Gasteiger partial charge in [0.25, 0.3) is 0 Å². The molecular weight excluding hydrogens is 285 g/mol. The lowest BCUT2D eigenvalue weighted by Crippen LogP contribution is -2.41. The average molecular weight is 306 g/mol. The Morgan fingerprint density at radius 3 is 2.10 bits per heavy atom. The van der Waals surface area contributed by atoms with Crippen LogP contribution in [0.4, 0.5) is 24.8 Å². The summed E-state index contributed by atoms with van der Waals surface area (Å²) in [4.78, 5) is 6.97. The minimum absolute atomic E-state index is 0.0472. The zero-order valence-electron chi connectivity index (χ0n) is 12.4. The van der Waals surface area contributed by atoms with Crippen LogP contribution in [0.1, 0.15) is 39.4 Å². The summed E-state index contributed by atoms with van der Waals surface area (Å²) in [7, 11) is 0. The molecule has 0 unspecified atom stereocenters. The fourth-order valence-electron chi connectivity index (χ4n) is 1.87. The molecule has 0 amide bonds. The second-order valence-electron chi connectivity index (χ2n) is 4.76. The maximum absolute atomic E-state index is 12.8. The summed E-state index contributed by atoms with van der Waals surface area (Å²) in [6.45, 7) is 5.72. The molecule has 1 aromatic heterocycles. The first-order valence-corrected chi connectivity index (χ1v) is 6.89. The largest absolute Gasteiger partial charge is 0.451 e. The summed E-state index contributed by atoms with van der Waals surface area (Å²) in [6.07, 6.45) is -3.51. The van der Waals surface area contributed by atoms with Crippen LogP contribution in [-0.4, -0.2) is 33.8 Å². The van der Waals surface area contributed by atoms with Crippen molar-refractivity contribution in [1.82, 2.24) is 9.97 Å². The summed E-state index contributed by atoms with van der Waals surface area (Å²) in [5.74, 6) is -1.06. The molecule has 0 aromatic carbocycles. The van der Waals surface area contributed by atoms with Crippen molar-refractivity contribution in [3.05, 3.63) is 11.9 Å². The Labute approximate surface area is 122 Å². The number of halogens is 3. The zero-order valence-corrected chi connectivity index (χ0v) is 12.4. The molecule has 1 heterocycles. The Kier molecular flexibility index (Phi) is 5.77. The molecule has 0 fully saturated rings. The van der Waals surface area contributed by atoms with Crippen LogP contribution >= 0.6 is 0 Å². The van der Waals surface area contributed by atoms with Gasteiger partial charge in [0.15, 0.2) is 0 Å². The highest BCUT2D eigenvalue weighted by atomic mass is 19.4. The minimum atomic E-state index is -4.62. The first-order valence-electron chi connectivity index (χ1n) is 6.89. The van der Waals surface area contributed by atoms with E-state index in [0.29, 0.717) is 19.4 Å². The fourth-order valence-corrected chi connectivity index (χ4v) is 1.87. The molecule has 1 rings (SSSR count). The summed E-state index contributed by atoms with van der Waals surface area (Å²) < 4.78 is 38.5. The predicted octanol–water partition coefficient (Wildman–Crippen LogP) is 2.89. The molecule has 3 N–H and O–H groups in total. The van der Waals surface area contributed by atoms with Gasteiger partial charge >= 0.3 is 6.18 Å². The molecule has 0 saturated heterocycles. The van der Waals surface area contributed by atoms with Crippen LogP contribution in [0.5, 0.6) is 0 Å². The third-order valence-electron chi connectivity index (χ3n) is 3.39. The molecule has 0 aliphatic carbocycles. The second kappa shape index (κ2) is 6.93. The van der Waals surface area contributed by atoms with E-state index in [1.54, 1.807) is 6.92 Å². The van der Waals surface area contributed by atoms with Crippen LogP contribution in [0.2, 0.25) is 0 Å². The number of nitrogens with zero attached hydrogens (tertiary/aromatic N) is 2. The smallest absolute Gasteiger partial charge is 0.394 e. The predicted molar refractivity (Wildman–Crippen MR) is 75.2 cm³/mol. The van der Waals surface area contributed by atoms with Crippen molar-refractivity contribution in [3.8, 4) is 0 Å². The van der Waals surface area contributed by atoms with E-state index in [1.165, 1.54) is 6.07 Å². The molecule has 0 aliphatic heterocycles. The summed E-state index contributed by atoms with van der Waals surface area (Å²) in [5, 5.41) is 15.2. The van der Waals surface area contributed by atoms with Crippen molar-refractivity contribution in [2.75, 3.05) is 23.8 Å². The van der Waals surface area contributed by atoms with E-state index >= 15 is 0 Å². The number of anilines is 2. The molecule has 1 aromatic rings. The Morgan fingerprint density at radius 2 is 1.67 bits per heavy atom. The third kappa shape index (κ3) is 4.45. The summed E-state index contributed by atoms with van der Waals surface area (Å²) in [5.41, 5.74) is -0.694. The maximum atomic E-state index is 12.8. The van der Waals surface area contributed by atoms with Gasteiger partial charge < -0.3 is 15.7 Å². The molecule has 8 heteroatoms. The van der Waals surface area contributed by atoms with Crippen LogP contribution in [0, 0.1) is 0 Å². The van der Waals surface area contributed by atoms with Gasteiger partial charge in [-0.25, -0.2) is 9.97 Å². The summed E-state index contributed by atoms with van der Waals surface area (Å²) in [6, 6.07) is 1.41. The zero-order chi connectivity index (χ0) is 16.1. The molecule has 0 atom stereocenters. The van der Waals surface area contributed by atoms with Crippen LogP contribution < -0.4 is 10.6 Å². The Bertz CT molecular complexity index is 453. The molecule has 5 nitrogen and oxygen atoms in total. The monoisotopic (exact) mass is 306 g/mol. The van der Waals surface area contributed by atoms with Gasteiger partial charge in [0.1, 0.15) is 11.6 Å². The van der Waals surface area contributed by atoms with Crippen molar-refractivity contribution in [1.29, 1.82) is 0 Å². The van der Waals surface area contributed by atoms with E-state index in [4.69, 9.17) is 0 Å². The number of aliphatic hydroxyl groups excluding tert-OH is 1. The molecule has 0 bridgehead atoms. The number of aliphatic hydroxyl groups is 1. The highest BCUT2D eigenvalue weighted by Crippen LogP contribution is 2.29. The maximum Gasteiger partial charge on any atom is 0.451 e. The van der Waals surface area contributed by atoms with Crippen molar-refractivity contribution in [2.45, 2.75) is 45.3 Å².